The number of hydrogen-bond acceptors (Lipinski definition) is 4. The van der Waals surface area contributed by atoms with Gasteiger partial charge >= 0.3 is 0 Å². The minimum atomic E-state index is -1.03. The van der Waals surface area contributed by atoms with Crippen molar-refractivity contribution in [2.24, 2.45) is 12.0 Å². The highest BCUT2D eigenvalue weighted by molar-refractivity contribution is 5.79. The van der Waals surface area contributed by atoms with E-state index in [0.717, 1.165) is 30.7 Å². The van der Waals surface area contributed by atoms with Crippen molar-refractivity contribution in [2.45, 2.75) is 51.3 Å². The van der Waals surface area contributed by atoms with Gasteiger partial charge in [0.25, 0.3) is 0 Å². The summed E-state index contributed by atoms with van der Waals surface area (Å²) < 4.78 is 1.69. The average Bonchev–Trinajstić information content (AvgIpc) is 3.29. The summed E-state index contributed by atoms with van der Waals surface area (Å²) in [5.74, 6) is 0.734. The first kappa shape index (κ1) is 18.7. The third-order valence-corrected chi connectivity index (χ3v) is 4.60. The maximum absolute atomic E-state index is 10.6. The fourth-order valence-corrected chi connectivity index (χ4v) is 2.60. The van der Waals surface area contributed by atoms with Crippen molar-refractivity contribution in [3.05, 3.63) is 18.0 Å². The van der Waals surface area contributed by atoms with E-state index in [9.17, 15) is 5.11 Å². The molecule has 24 heavy (non-hydrogen) atoms. The second-order valence-electron chi connectivity index (χ2n) is 7.00. The van der Waals surface area contributed by atoms with Crippen molar-refractivity contribution >= 4 is 5.96 Å². The zero-order chi connectivity index (χ0) is 17.7. The van der Waals surface area contributed by atoms with Crippen LogP contribution < -0.4 is 10.6 Å². The molecule has 7 nitrogen and oxygen atoms in total. The van der Waals surface area contributed by atoms with Gasteiger partial charge in [-0.3, -0.25) is 9.58 Å². The number of nitrogens with one attached hydrogen (secondary N) is 2. The Morgan fingerprint density at radius 1 is 1.54 bits per heavy atom. The van der Waals surface area contributed by atoms with Crippen molar-refractivity contribution in [3.8, 4) is 0 Å². The van der Waals surface area contributed by atoms with Crippen LogP contribution in [-0.2, 0) is 12.6 Å². The zero-order valence-corrected chi connectivity index (χ0v) is 15.6. The molecule has 1 saturated carbocycles. The lowest BCUT2D eigenvalue weighted by atomic mass is 10.0. The largest absolute Gasteiger partial charge is 0.383 e. The maximum Gasteiger partial charge on any atom is 0.191 e. The molecule has 1 aliphatic carbocycles. The Morgan fingerprint density at radius 2 is 2.25 bits per heavy atom. The molecule has 7 heteroatoms. The highest BCUT2D eigenvalue weighted by Crippen LogP contribution is 2.26. The Balaban J connectivity index is 1.91. The van der Waals surface area contributed by atoms with Gasteiger partial charge in [-0.2, -0.15) is 5.10 Å². The van der Waals surface area contributed by atoms with E-state index >= 15 is 0 Å². The van der Waals surface area contributed by atoms with Crippen molar-refractivity contribution in [1.29, 1.82) is 0 Å². The number of aliphatic hydroxyl groups is 1. The minimum absolute atomic E-state index is 0.279. The number of nitrogens with zero attached hydrogens (tertiary/aromatic N) is 4. The van der Waals surface area contributed by atoms with Crippen molar-refractivity contribution in [2.75, 3.05) is 26.7 Å². The highest BCUT2D eigenvalue weighted by atomic mass is 16.3. The van der Waals surface area contributed by atoms with Crippen LogP contribution in [0.2, 0.25) is 0 Å². The maximum atomic E-state index is 10.6. The summed E-state index contributed by atoms with van der Waals surface area (Å²) >= 11 is 0. The predicted octanol–water partition coefficient (Wildman–Crippen LogP) is 0.665. The molecule has 136 valence electrons. The monoisotopic (exact) mass is 336 g/mol. The SMILES string of the molecule is CCNC(=NCC(C)(O)c1cnn(C)c1)NCC(C)N(C)C1CC1. The van der Waals surface area contributed by atoms with Crippen LogP contribution >= 0.6 is 0 Å². The Labute approximate surface area is 145 Å². The Bertz CT molecular complexity index is 549. The molecule has 1 aromatic heterocycles. The number of aryl methyl sites for hydroxylation is 1. The van der Waals surface area contributed by atoms with Gasteiger partial charge in [0.2, 0.25) is 0 Å². The van der Waals surface area contributed by atoms with Crippen molar-refractivity contribution in [1.82, 2.24) is 25.3 Å². The molecule has 1 aliphatic rings. The van der Waals surface area contributed by atoms with Crippen LogP contribution in [-0.4, -0.2) is 64.5 Å². The van der Waals surface area contributed by atoms with Crippen molar-refractivity contribution < 1.29 is 5.11 Å². The number of likely N-dealkylation sites (N-methyl/N-ethyl adjacent to an activating group) is 1. The Morgan fingerprint density at radius 3 is 2.79 bits per heavy atom. The molecule has 0 saturated heterocycles. The molecular weight excluding hydrogens is 304 g/mol. The summed E-state index contributed by atoms with van der Waals surface area (Å²) in [7, 11) is 4.02. The molecule has 1 fully saturated rings. The van der Waals surface area contributed by atoms with E-state index < -0.39 is 5.60 Å². The molecule has 0 spiro atoms. The molecule has 0 amide bonds. The van der Waals surface area contributed by atoms with Gasteiger partial charge in [0, 0.05) is 44.0 Å². The third-order valence-electron chi connectivity index (χ3n) is 4.60. The van der Waals surface area contributed by atoms with Crippen LogP contribution in [0.5, 0.6) is 0 Å². The Kier molecular flexibility index (Phi) is 6.23. The van der Waals surface area contributed by atoms with Crippen LogP contribution in [0.25, 0.3) is 0 Å². The second-order valence-corrected chi connectivity index (χ2v) is 7.00. The van der Waals surface area contributed by atoms with Crippen LogP contribution in [0.3, 0.4) is 0 Å². The first-order valence-corrected chi connectivity index (χ1v) is 8.79. The molecule has 0 aliphatic heterocycles. The molecule has 3 N–H and O–H groups in total. The fraction of sp³-hybridized carbons (Fsp3) is 0.765. The molecule has 1 aromatic rings. The lowest BCUT2D eigenvalue weighted by Gasteiger charge is -2.26. The average molecular weight is 336 g/mol. The van der Waals surface area contributed by atoms with Gasteiger partial charge in [-0.05, 0) is 40.7 Å². The second kappa shape index (κ2) is 7.98. The van der Waals surface area contributed by atoms with Gasteiger partial charge < -0.3 is 15.7 Å². The number of guanidine groups is 1. The number of aromatic nitrogens is 2. The van der Waals surface area contributed by atoms with E-state index in [-0.39, 0.29) is 6.54 Å². The van der Waals surface area contributed by atoms with E-state index in [4.69, 9.17) is 0 Å². The van der Waals surface area contributed by atoms with E-state index in [2.05, 4.69) is 39.6 Å². The summed E-state index contributed by atoms with van der Waals surface area (Å²) in [5.41, 5.74) is -0.265. The smallest absolute Gasteiger partial charge is 0.191 e. The zero-order valence-electron chi connectivity index (χ0n) is 15.6. The first-order chi connectivity index (χ1) is 11.3. The number of rotatable bonds is 8. The van der Waals surface area contributed by atoms with Gasteiger partial charge in [-0.15, -0.1) is 0 Å². The molecule has 2 unspecified atom stereocenters. The van der Waals surface area contributed by atoms with Crippen LogP contribution in [0, 0.1) is 0 Å². The molecule has 0 bridgehead atoms. The molecule has 0 radical (unpaired) electrons. The normalized spacial score (nSPS) is 19.2. The van der Waals surface area contributed by atoms with E-state index in [1.54, 1.807) is 17.8 Å². The Hall–Kier alpha value is -1.60. The molecule has 0 aromatic carbocycles. The van der Waals surface area contributed by atoms with Gasteiger partial charge in [0.1, 0.15) is 5.60 Å². The lowest BCUT2D eigenvalue weighted by molar-refractivity contribution is 0.0671. The van der Waals surface area contributed by atoms with Gasteiger partial charge in [0.15, 0.2) is 5.96 Å². The summed E-state index contributed by atoms with van der Waals surface area (Å²) in [6.07, 6.45) is 6.12. The van der Waals surface area contributed by atoms with E-state index in [0.29, 0.717) is 6.04 Å². The van der Waals surface area contributed by atoms with Crippen LogP contribution in [0.4, 0.5) is 0 Å². The number of hydrogen-bond donors (Lipinski definition) is 3. The number of aliphatic imine (C=N–C) groups is 1. The van der Waals surface area contributed by atoms with Crippen LogP contribution in [0.15, 0.2) is 17.4 Å². The van der Waals surface area contributed by atoms with E-state index in [1.807, 2.05) is 20.2 Å². The van der Waals surface area contributed by atoms with Crippen molar-refractivity contribution in [3.63, 3.8) is 0 Å². The van der Waals surface area contributed by atoms with Gasteiger partial charge in [-0.25, -0.2) is 4.99 Å². The lowest BCUT2D eigenvalue weighted by Crippen LogP contribution is -2.46. The summed E-state index contributed by atoms with van der Waals surface area (Å²) in [5, 5.41) is 21.4. The van der Waals surface area contributed by atoms with Crippen LogP contribution in [0.1, 0.15) is 39.2 Å². The van der Waals surface area contributed by atoms with Gasteiger partial charge in [-0.1, -0.05) is 0 Å². The molecule has 1 heterocycles. The topological polar surface area (TPSA) is 77.7 Å². The molecular formula is C17H32N6O. The minimum Gasteiger partial charge on any atom is -0.383 e. The quantitative estimate of drug-likeness (QED) is 0.480. The predicted molar refractivity (Wildman–Crippen MR) is 97.0 cm³/mol. The summed E-state index contributed by atoms with van der Waals surface area (Å²) in [4.78, 5) is 6.97. The first-order valence-electron chi connectivity index (χ1n) is 8.79. The molecule has 2 atom stereocenters. The summed E-state index contributed by atoms with van der Waals surface area (Å²) in [6, 6.07) is 1.19. The highest BCUT2D eigenvalue weighted by Gasteiger charge is 2.29. The standard InChI is InChI=1S/C17H32N6O/c1-6-18-16(19-9-13(2)23(5)15-7-8-15)20-12-17(3,24)14-10-21-22(4)11-14/h10-11,13,15,24H,6-9,12H2,1-5H3,(H2,18,19,20). The third kappa shape index (κ3) is 5.21. The fourth-order valence-electron chi connectivity index (χ4n) is 2.60. The molecule has 2 rings (SSSR count). The van der Waals surface area contributed by atoms with Gasteiger partial charge in [0.05, 0.1) is 12.7 Å². The van der Waals surface area contributed by atoms with E-state index in [1.165, 1.54) is 12.8 Å². The summed E-state index contributed by atoms with van der Waals surface area (Å²) in [6.45, 7) is 7.92.